The predicted octanol–water partition coefficient (Wildman–Crippen LogP) is 2.97. The van der Waals surface area contributed by atoms with Crippen LogP contribution < -0.4 is 10.1 Å². The van der Waals surface area contributed by atoms with E-state index in [4.69, 9.17) is 4.74 Å². The van der Waals surface area contributed by atoms with Gasteiger partial charge in [0.25, 0.3) is 0 Å². The second-order valence-corrected chi connectivity index (χ2v) is 4.16. The zero-order valence-electron chi connectivity index (χ0n) is 10.2. The van der Waals surface area contributed by atoms with Crippen molar-refractivity contribution < 1.29 is 4.74 Å². The van der Waals surface area contributed by atoms with E-state index in [2.05, 4.69) is 36.3 Å². The Hall–Kier alpha value is -1.19. The number of H-pyrrole nitrogens is 1. The first-order valence-electron chi connectivity index (χ1n) is 5.69. The van der Waals surface area contributed by atoms with Gasteiger partial charge in [-0.15, -0.1) is 12.4 Å². The van der Waals surface area contributed by atoms with Crippen LogP contribution in [0, 0.1) is 0 Å². The van der Waals surface area contributed by atoms with Crippen molar-refractivity contribution in [2.24, 2.45) is 0 Å². The number of aromatic nitrogens is 1. The Kier molecular flexibility index (Phi) is 5.32. The van der Waals surface area contributed by atoms with Crippen molar-refractivity contribution in [1.29, 1.82) is 0 Å². The van der Waals surface area contributed by atoms with Crippen LogP contribution in [0.4, 0.5) is 0 Å². The molecule has 1 aromatic carbocycles. The summed E-state index contributed by atoms with van der Waals surface area (Å²) in [6.45, 7) is 5.83. The monoisotopic (exact) mass is 254 g/mol. The number of benzene rings is 1. The van der Waals surface area contributed by atoms with Crippen LogP contribution in [0.5, 0.6) is 5.75 Å². The zero-order chi connectivity index (χ0) is 11.4. The van der Waals surface area contributed by atoms with Gasteiger partial charge < -0.3 is 15.0 Å². The molecule has 1 heterocycles. The first-order chi connectivity index (χ1) is 7.77. The average molecular weight is 255 g/mol. The number of hydrogen-bond donors (Lipinski definition) is 2. The highest BCUT2D eigenvalue weighted by molar-refractivity contribution is 5.86. The fourth-order valence-electron chi connectivity index (χ4n) is 1.67. The highest BCUT2D eigenvalue weighted by Gasteiger charge is 2.02. The van der Waals surface area contributed by atoms with Gasteiger partial charge in [0, 0.05) is 29.7 Å². The molecule has 0 unspecified atom stereocenters. The van der Waals surface area contributed by atoms with Gasteiger partial charge in [0.2, 0.25) is 0 Å². The average Bonchev–Trinajstić information content (AvgIpc) is 2.68. The highest BCUT2D eigenvalue weighted by atomic mass is 35.5. The van der Waals surface area contributed by atoms with Crippen molar-refractivity contribution >= 4 is 23.3 Å². The predicted molar refractivity (Wildman–Crippen MR) is 74.2 cm³/mol. The van der Waals surface area contributed by atoms with Crippen LogP contribution in [0.1, 0.15) is 13.8 Å². The minimum Gasteiger partial charge on any atom is -0.490 e. The summed E-state index contributed by atoms with van der Waals surface area (Å²) in [6.07, 6.45) is 1.92. The molecule has 4 heteroatoms. The molecule has 3 nitrogen and oxygen atoms in total. The zero-order valence-corrected chi connectivity index (χ0v) is 11.0. The summed E-state index contributed by atoms with van der Waals surface area (Å²) in [6, 6.07) is 8.66. The number of hydrogen-bond acceptors (Lipinski definition) is 2. The van der Waals surface area contributed by atoms with Crippen LogP contribution in [-0.2, 0) is 0 Å². The van der Waals surface area contributed by atoms with E-state index < -0.39 is 0 Å². The lowest BCUT2D eigenvalue weighted by atomic mass is 10.2. The van der Waals surface area contributed by atoms with Gasteiger partial charge in [0.1, 0.15) is 12.4 Å². The number of nitrogens with one attached hydrogen (secondary N) is 2. The molecule has 0 saturated carbocycles. The molecule has 17 heavy (non-hydrogen) atoms. The minimum absolute atomic E-state index is 0. The molecule has 2 rings (SSSR count). The summed E-state index contributed by atoms with van der Waals surface area (Å²) >= 11 is 0. The molecule has 2 aromatic rings. The van der Waals surface area contributed by atoms with Crippen molar-refractivity contribution in [3.8, 4) is 5.75 Å². The van der Waals surface area contributed by atoms with Crippen LogP contribution in [0.15, 0.2) is 30.5 Å². The van der Waals surface area contributed by atoms with Crippen molar-refractivity contribution in [2.45, 2.75) is 19.9 Å². The van der Waals surface area contributed by atoms with E-state index in [-0.39, 0.29) is 12.4 Å². The van der Waals surface area contributed by atoms with Gasteiger partial charge in [0.05, 0.1) is 0 Å². The van der Waals surface area contributed by atoms with Gasteiger partial charge in [-0.1, -0.05) is 26.0 Å². The lowest BCUT2D eigenvalue weighted by Gasteiger charge is -2.08. The summed E-state index contributed by atoms with van der Waals surface area (Å²) in [4.78, 5) is 3.19. The van der Waals surface area contributed by atoms with Crippen molar-refractivity contribution in [3.05, 3.63) is 30.5 Å². The van der Waals surface area contributed by atoms with E-state index >= 15 is 0 Å². The first kappa shape index (κ1) is 13.9. The van der Waals surface area contributed by atoms with E-state index in [1.54, 1.807) is 0 Å². The van der Waals surface area contributed by atoms with Gasteiger partial charge in [-0.2, -0.15) is 0 Å². The molecule has 0 atom stereocenters. The molecule has 94 valence electrons. The fraction of sp³-hybridized carbons (Fsp3) is 0.385. The number of fused-ring (bicyclic) bond motifs is 1. The SMILES string of the molecule is CC(C)NCCOc1c[nH]c2ccccc12.Cl. The second kappa shape index (κ2) is 6.52. The molecule has 0 aliphatic carbocycles. The first-order valence-corrected chi connectivity index (χ1v) is 5.69. The van der Waals surface area contributed by atoms with Gasteiger partial charge in [0.15, 0.2) is 0 Å². The molecular weight excluding hydrogens is 236 g/mol. The molecule has 0 saturated heterocycles. The van der Waals surface area contributed by atoms with Crippen LogP contribution >= 0.6 is 12.4 Å². The number of aromatic amines is 1. The molecule has 0 radical (unpaired) electrons. The van der Waals surface area contributed by atoms with Crippen molar-refractivity contribution in [1.82, 2.24) is 10.3 Å². The van der Waals surface area contributed by atoms with Crippen LogP contribution in [0.2, 0.25) is 0 Å². The van der Waals surface area contributed by atoms with Crippen LogP contribution in [0.3, 0.4) is 0 Å². The molecule has 0 aliphatic rings. The minimum atomic E-state index is 0. The quantitative estimate of drug-likeness (QED) is 0.805. The number of halogens is 1. The maximum atomic E-state index is 5.72. The highest BCUT2D eigenvalue weighted by Crippen LogP contribution is 2.24. The Labute approximate surface area is 108 Å². The Morgan fingerprint density at radius 3 is 2.82 bits per heavy atom. The molecule has 0 spiro atoms. The van der Waals surface area contributed by atoms with Gasteiger partial charge in [-0.25, -0.2) is 0 Å². The summed E-state index contributed by atoms with van der Waals surface area (Å²) in [5, 5.41) is 4.47. The smallest absolute Gasteiger partial charge is 0.144 e. The topological polar surface area (TPSA) is 37.0 Å². The van der Waals surface area contributed by atoms with Crippen LogP contribution in [0.25, 0.3) is 10.9 Å². The Bertz CT molecular complexity index is 453. The van der Waals surface area contributed by atoms with E-state index in [1.165, 1.54) is 0 Å². The largest absolute Gasteiger partial charge is 0.490 e. The number of ether oxygens (including phenoxy) is 1. The Morgan fingerprint density at radius 1 is 1.29 bits per heavy atom. The third-order valence-corrected chi connectivity index (χ3v) is 2.46. The van der Waals surface area contributed by atoms with Crippen LogP contribution in [-0.4, -0.2) is 24.2 Å². The second-order valence-electron chi connectivity index (χ2n) is 4.16. The number of para-hydroxylation sites is 1. The standard InChI is InChI=1S/C13H18N2O.ClH/c1-10(2)14-7-8-16-13-9-15-12-6-4-3-5-11(12)13;/h3-6,9-10,14-15H,7-8H2,1-2H3;1H. The van der Waals surface area contributed by atoms with E-state index in [0.29, 0.717) is 12.6 Å². The lowest BCUT2D eigenvalue weighted by molar-refractivity contribution is 0.312. The number of rotatable bonds is 5. The Morgan fingerprint density at radius 2 is 2.06 bits per heavy atom. The molecular formula is C13H19ClN2O. The molecule has 0 aliphatic heterocycles. The van der Waals surface area contributed by atoms with E-state index in [1.807, 2.05) is 18.3 Å². The maximum absolute atomic E-state index is 5.72. The summed E-state index contributed by atoms with van der Waals surface area (Å²) in [5.74, 6) is 0.932. The molecule has 0 amide bonds. The third kappa shape index (κ3) is 3.65. The van der Waals surface area contributed by atoms with Gasteiger partial charge >= 0.3 is 0 Å². The van der Waals surface area contributed by atoms with Gasteiger partial charge in [-0.05, 0) is 12.1 Å². The molecule has 0 fully saturated rings. The van der Waals surface area contributed by atoms with Crippen molar-refractivity contribution in [2.75, 3.05) is 13.2 Å². The summed E-state index contributed by atoms with van der Waals surface area (Å²) < 4.78 is 5.72. The van der Waals surface area contributed by atoms with Gasteiger partial charge in [-0.3, -0.25) is 0 Å². The Balaban J connectivity index is 0.00000144. The molecule has 1 aromatic heterocycles. The van der Waals surface area contributed by atoms with E-state index in [9.17, 15) is 0 Å². The normalized spacial score (nSPS) is 10.5. The third-order valence-electron chi connectivity index (χ3n) is 2.46. The lowest BCUT2D eigenvalue weighted by Crippen LogP contribution is -2.27. The fourth-order valence-corrected chi connectivity index (χ4v) is 1.67. The maximum Gasteiger partial charge on any atom is 0.144 e. The molecule has 0 bridgehead atoms. The van der Waals surface area contributed by atoms with Crippen molar-refractivity contribution in [3.63, 3.8) is 0 Å². The summed E-state index contributed by atoms with van der Waals surface area (Å²) in [7, 11) is 0. The van der Waals surface area contributed by atoms with E-state index in [0.717, 1.165) is 23.2 Å². The molecule has 2 N–H and O–H groups in total. The summed E-state index contributed by atoms with van der Waals surface area (Å²) in [5.41, 5.74) is 1.12.